The Morgan fingerprint density at radius 2 is 1.80 bits per heavy atom. The summed E-state index contributed by atoms with van der Waals surface area (Å²) in [5, 5.41) is 0. The van der Waals surface area contributed by atoms with Crippen LogP contribution >= 0.6 is 0 Å². The van der Waals surface area contributed by atoms with Crippen LogP contribution in [0.25, 0.3) is 0 Å². The van der Waals surface area contributed by atoms with Gasteiger partial charge in [-0.05, 0) is 30.3 Å². The maximum absolute atomic E-state index is 13.5. The van der Waals surface area contributed by atoms with Crippen LogP contribution in [0.4, 0.5) is 17.6 Å². The fraction of sp³-hybridized carbons (Fsp3) is 0.0769. The normalized spacial score (nSPS) is 11.2. The van der Waals surface area contributed by atoms with E-state index in [0.717, 1.165) is 0 Å². The molecule has 0 radical (unpaired) electrons. The predicted octanol–water partition coefficient (Wildman–Crippen LogP) is 3.84. The Balaban J connectivity index is 2.23. The van der Waals surface area contributed by atoms with Gasteiger partial charge in [-0.1, -0.05) is 0 Å². The van der Waals surface area contributed by atoms with Crippen molar-refractivity contribution in [2.45, 2.75) is 6.18 Å². The zero-order chi connectivity index (χ0) is 14.8. The molecule has 1 aromatic heterocycles. The average molecular weight is 285 g/mol. The number of aromatic nitrogens is 1. The molecule has 104 valence electrons. The van der Waals surface area contributed by atoms with Crippen molar-refractivity contribution in [1.82, 2.24) is 4.98 Å². The maximum Gasteiger partial charge on any atom is 0.417 e. The quantitative estimate of drug-likeness (QED) is 0.635. The van der Waals surface area contributed by atoms with Crippen molar-refractivity contribution in [3.63, 3.8) is 0 Å². The maximum atomic E-state index is 13.5. The van der Waals surface area contributed by atoms with Crippen LogP contribution in [0.2, 0.25) is 0 Å². The lowest BCUT2D eigenvalue weighted by Crippen LogP contribution is -2.06. The molecule has 0 bridgehead atoms. The van der Waals surface area contributed by atoms with Crippen LogP contribution in [-0.2, 0) is 6.18 Å². The van der Waals surface area contributed by atoms with Gasteiger partial charge in [0.25, 0.3) is 5.88 Å². The summed E-state index contributed by atoms with van der Waals surface area (Å²) in [6.07, 6.45) is -3.57. The zero-order valence-electron chi connectivity index (χ0n) is 9.82. The monoisotopic (exact) mass is 285 g/mol. The van der Waals surface area contributed by atoms with Crippen LogP contribution in [0.1, 0.15) is 15.9 Å². The van der Waals surface area contributed by atoms with Crippen molar-refractivity contribution in [2.24, 2.45) is 0 Å². The molecule has 7 heteroatoms. The zero-order valence-corrected chi connectivity index (χ0v) is 9.82. The molecule has 0 amide bonds. The number of carbonyl (C=O) groups excluding carboxylic acids is 1. The van der Waals surface area contributed by atoms with E-state index in [1.807, 2.05) is 0 Å². The summed E-state index contributed by atoms with van der Waals surface area (Å²) >= 11 is 0. The van der Waals surface area contributed by atoms with Gasteiger partial charge in [0.15, 0.2) is 5.82 Å². The summed E-state index contributed by atoms with van der Waals surface area (Å²) in [5.74, 6) is -1.64. The molecule has 0 aliphatic carbocycles. The molecule has 0 fully saturated rings. The molecule has 2 aromatic rings. The molecule has 0 aliphatic heterocycles. The Kier molecular flexibility index (Phi) is 3.69. The molecule has 0 N–H and O–H groups in total. The van der Waals surface area contributed by atoms with Crippen molar-refractivity contribution in [3.05, 3.63) is 53.5 Å². The first kappa shape index (κ1) is 14.0. The van der Waals surface area contributed by atoms with E-state index in [4.69, 9.17) is 4.74 Å². The fourth-order valence-electron chi connectivity index (χ4n) is 1.38. The highest BCUT2D eigenvalue weighted by atomic mass is 19.4. The van der Waals surface area contributed by atoms with E-state index in [9.17, 15) is 22.4 Å². The van der Waals surface area contributed by atoms with Gasteiger partial charge >= 0.3 is 6.18 Å². The van der Waals surface area contributed by atoms with Gasteiger partial charge in [-0.2, -0.15) is 13.2 Å². The molecule has 0 saturated carbocycles. The van der Waals surface area contributed by atoms with Crippen LogP contribution in [0.5, 0.6) is 11.6 Å². The molecular formula is C13H7F4NO2. The smallest absolute Gasteiger partial charge is 0.417 e. The van der Waals surface area contributed by atoms with Crippen molar-refractivity contribution in [3.8, 4) is 11.6 Å². The molecule has 2 rings (SSSR count). The summed E-state index contributed by atoms with van der Waals surface area (Å²) in [7, 11) is 0. The number of rotatable bonds is 3. The molecule has 1 heterocycles. The van der Waals surface area contributed by atoms with E-state index in [0.29, 0.717) is 24.1 Å². The molecule has 20 heavy (non-hydrogen) atoms. The highest BCUT2D eigenvalue weighted by molar-refractivity contribution is 5.74. The Labute approximate surface area is 110 Å². The third-order valence-electron chi connectivity index (χ3n) is 2.37. The van der Waals surface area contributed by atoms with Gasteiger partial charge in [-0.15, -0.1) is 0 Å². The molecule has 0 atom stereocenters. The number of ether oxygens (including phenoxy) is 1. The van der Waals surface area contributed by atoms with E-state index in [1.165, 1.54) is 24.3 Å². The van der Waals surface area contributed by atoms with E-state index in [-0.39, 0.29) is 5.75 Å². The number of alkyl halides is 3. The van der Waals surface area contributed by atoms with Crippen molar-refractivity contribution in [1.29, 1.82) is 0 Å². The standard InChI is InChI=1S/C13H7F4NO2/c14-11-5-9(13(15,16)17)6-18-12(11)20-10-3-1-8(7-19)2-4-10/h1-7H. The number of hydrogen-bond acceptors (Lipinski definition) is 3. The topological polar surface area (TPSA) is 39.2 Å². The third kappa shape index (κ3) is 3.11. The molecular weight excluding hydrogens is 278 g/mol. The van der Waals surface area contributed by atoms with Gasteiger partial charge in [-0.3, -0.25) is 4.79 Å². The number of pyridine rings is 1. The van der Waals surface area contributed by atoms with Crippen molar-refractivity contribution in [2.75, 3.05) is 0 Å². The van der Waals surface area contributed by atoms with Gasteiger partial charge in [0.2, 0.25) is 0 Å². The Morgan fingerprint density at radius 1 is 1.15 bits per heavy atom. The average Bonchev–Trinajstić information content (AvgIpc) is 2.41. The molecule has 3 nitrogen and oxygen atoms in total. The van der Waals surface area contributed by atoms with Crippen LogP contribution in [0, 0.1) is 5.82 Å². The lowest BCUT2D eigenvalue weighted by atomic mass is 10.2. The molecule has 1 aromatic carbocycles. The first-order valence-corrected chi connectivity index (χ1v) is 5.36. The highest BCUT2D eigenvalue weighted by Gasteiger charge is 2.32. The predicted molar refractivity (Wildman–Crippen MR) is 61.1 cm³/mol. The second-order valence-electron chi connectivity index (χ2n) is 3.80. The SMILES string of the molecule is O=Cc1ccc(Oc2ncc(C(F)(F)F)cc2F)cc1. The summed E-state index contributed by atoms with van der Waals surface area (Å²) in [4.78, 5) is 13.7. The number of halogens is 4. The minimum Gasteiger partial charge on any atom is -0.436 e. The first-order chi connectivity index (χ1) is 9.40. The van der Waals surface area contributed by atoms with Gasteiger partial charge in [0.1, 0.15) is 12.0 Å². The Bertz CT molecular complexity index is 623. The number of nitrogens with zero attached hydrogens (tertiary/aromatic N) is 1. The summed E-state index contributed by atoms with van der Waals surface area (Å²) in [6.45, 7) is 0. The van der Waals surface area contributed by atoms with Crippen LogP contribution in [-0.4, -0.2) is 11.3 Å². The van der Waals surface area contributed by atoms with E-state index < -0.39 is 23.4 Å². The second kappa shape index (κ2) is 5.28. The molecule has 0 spiro atoms. The third-order valence-corrected chi connectivity index (χ3v) is 2.37. The first-order valence-electron chi connectivity index (χ1n) is 5.36. The minimum absolute atomic E-state index is 0.154. The van der Waals surface area contributed by atoms with Crippen LogP contribution in [0.3, 0.4) is 0 Å². The van der Waals surface area contributed by atoms with Crippen LogP contribution in [0.15, 0.2) is 36.5 Å². The fourth-order valence-corrected chi connectivity index (χ4v) is 1.38. The number of hydrogen-bond donors (Lipinski definition) is 0. The summed E-state index contributed by atoms with van der Waals surface area (Å²) < 4.78 is 55.5. The van der Waals surface area contributed by atoms with E-state index in [2.05, 4.69) is 4.98 Å². The summed E-state index contributed by atoms with van der Waals surface area (Å²) in [6, 6.07) is 5.90. The molecule has 0 unspecified atom stereocenters. The van der Waals surface area contributed by atoms with Crippen LogP contribution < -0.4 is 4.74 Å². The van der Waals surface area contributed by atoms with Gasteiger partial charge in [0, 0.05) is 11.8 Å². The van der Waals surface area contributed by atoms with Gasteiger partial charge in [0.05, 0.1) is 5.56 Å². The number of aldehydes is 1. The van der Waals surface area contributed by atoms with Gasteiger partial charge in [-0.25, -0.2) is 9.37 Å². The van der Waals surface area contributed by atoms with E-state index in [1.54, 1.807) is 0 Å². The number of carbonyl (C=O) groups is 1. The van der Waals surface area contributed by atoms with Gasteiger partial charge < -0.3 is 4.74 Å². The Hall–Kier alpha value is -2.44. The molecule has 0 saturated heterocycles. The summed E-state index contributed by atoms with van der Waals surface area (Å²) in [5.41, 5.74) is -0.808. The Morgan fingerprint density at radius 3 is 2.30 bits per heavy atom. The minimum atomic E-state index is -4.67. The second-order valence-corrected chi connectivity index (χ2v) is 3.80. The largest absolute Gasteiger partial charge is 0.436 e. The number of benzene rings is 1. The van der Waals surface area contributed by atoms with E-state index >= 15 is 0 Å². The highest BCUT2D eigenvalue weighted by Crippen LogP contribution is 2.31. The van der Waals surface area contributed by atoms with Crippen molar-refractivity contribution < 1.29 is 27.1 Å². The van der Waals surface area contributed by atoms with Crippen molar-refractivity contribution >= 4 is 6.29 Å². The lowest BCUT2D eigenvalue weighted by molar-refractivity contribution is -0.138. The molecule has 0 aliphatic rings. The lowest BCUT2D eigenvalue weighted by Gasteiger charge is -2.09.